The van der Waals surface area contributed by atoms with E-state index < -0.39 is 11.8 Å². The number of benzene rings is 1. The van der Waals surface area contributed by atoms with Crippen LogP contribution in [0.2, 0.25) is 0 Å². The van der Waals surface area contributed by atoms with Gasteiger partial charge in [-0.05, 0) is 28.9 Å². The van der Waals surface area contributed by atoms with Gasteiger partial charge in [-0.25, -0.2) is 0 Å². The first-order valence-electron chi connectivity index (χ1n) is 7.86. The van der Waals surface area contributed by atoms with Crippen molar-refractivity contribution in [1.29, 1.82) is 0 Å². The smallest absolute Gasteiger partial charge is 0.313 e. The Kier molecular flexibility index (Phi) is 6.33. The van der Waals surface area contributed by atoms with E-state index in [2.05, 4.69) is 31.4 Å². The van der Waals surface area contributed by atoms with Gasteiger partial charge in [0.1, 0.15) is 0 Å². The van der Waals surface area contributed by atoms with Crippen LogP contribution in [0.15, 0.2) is 24.3 Å². The second-order valence-corrected chi connectivity index (χ2v) is 7.57. The molecule has 1 rings (SSSR count). The summed E-state index contributed by atoms with van der Waals surface area (Å²) in [6, 6.07) is 7.47. The number of amides is 2. The van der Waals surface area contributed by atoms with Crippen LogP contribution >= 0.6 is 0 Å². The van der Waals surface area contributed by atoms with E-state index in [1.54, 1.807) is 6.07 Å². The highest BCUT2D eigenvalue weighted by Gasteiger charge is 2.23. The zero-order chi connectivity index (χ0) is 17.7. The normalized spacial score (nSPS) is 11.9. The van der Waals surface area contributed by atoms with Crippen LogP contribution in [0, 0.1) is 5.41 Å². The maximum Gasteiger partial charge on any atom is 0.313 e. The molecule has 1 aromatic carbocycles. The van der Waals surface area contributed by atoms with Gasteiger partial charge in [0, 0.05) is 18.8 Å². The highest BCUT2D eigenvalue weighted by atomic mass is 16.3. The number of nitrogens with one attached hydrogen (secondary N) is 2. The van der Waals surface area contributed by atoms with E-state index >= 15 is 0 Å². The second-order valence-electron chi connectivity index (χ2n) is 7.57. The number of aliphatic hydroxyl groups excluding tert-OH is 1. The van der Waals surface area contributed by atoms with Gasteiger partial charge >= 0.3 is 11.8 Å². The SMILES string of the molecule is CC(C)(CCO)CNC(=O)C(=O)Nc1ccccc1C(C)(C)C. The Balaban J connectivity index is 2.72. The minimum atomic E-state index is -0.679. The van der Waals surface area contributed by atoms with Crippen LogP contribution in [-0.2, 0) is 15.0 Å². The molecule has 0 saturated carbocycles. The van der Waals surface area contributed by atoms with E-state index in [0.717, 1.165) is 5.56 Å². The van der Waals surface area contributed by atoms with Crippen molar-refractivity contribution in [2.24, 2.45) is 5.41 Å². The first kappa shape index (κ1) is 19.2. The van der Waals surface area contributed by atoms with Gasteiger partial charge in [-0.15, -0.1) is 0 Å². The highest BCUT2D eigenvalue weighted by molar-refractivity contribution is 6.39. The lowest BCUT2D eigenvalue weighted by molar-refractivity contribution is -0.136. The summed E-state index contributed by atoms with van der Waals surface area (Å²) in [6.07, 6.45) is 0.557. The molecule has 0 aliphatic carbocycles. The number of hydrogen-bond donors (Lipinski definition) is 3. The summed E-state index contributed by atoms with van der Waals surface area (Å²) in [6.45, 7) is 10.4. The number of hydrogen-bond acceptors (Lipinski definition) is 3. The maximum atomic E-state index is 12.1. The third-order valence-electron chi connectivity index (χ3n) is 3.71. The number of carbonyl (C=O) groups is 2. The summed E-state index contributed by atoms with van der Waals surface area (Å²) in [7, 11) is 0. The molecule has 0 aliphatic heterocycles. The summed E-state index contributed by atoms with van der Waals surface area (Å²) in [5, 5.41) is 14.3. The van der Waals surface area contributed by atoms with Crippen molar-refractivity contribution in [3.05, 3.63) is 29.8 Å². The minimum Gasteiger partial charge on any atom is -0.396 e. The zero-order valence-electron chi connectivity index (χ0n) is 14.7. The van der Waals surface area contributed by atoms with Crippen molar-refractivity contribution in [3.8, 4) is 0 Å². The molecule has 5 heteroatoms. The van der Waals surface area contributed by atoms with Gasteiger partial charge < -0.3 is 15.7 Å². The van der Waals surface area contributed by atoms with Crippen LogP contribution < -0.4 is 10.6 Å². The van der Waals surface area contributed by atoms with Crippen LogP contribution in [0.5, 0.6) is 0 Å². The molecule has 2 amide bonds. The Hall–Kier alpha value is -1.88. The quantitative estimate of drug-likeness (QED) is 0.729. The van der Waals surface area contributed by atoms with E-state index in [1.807, 2.05) is 32.0 Å². The fourth-order valence-electron chi connectivity index (χ4n) is 2.22. The molecule has 0 aromatic heterocycles. The number of aliphatic hydroxyl groups is 1. The van der Waals surface area contributed by atoms with Gasteiger partial charge in [-0.3, -0.25) is 9.59 Å². The molecule has 0 unspecified atom stereocenters. The van der Waals surface area contributed by atoms with Crippen molar-refractivity contribution in [1.82, 2.24) is 5.32 Å². The molecule has 0 aliphatic rings. The summed E-state index contributed by atoms with van der Waals surface area (Å²) < 4.78 is 0. The predicted octanol–water partition coefficient (Wildman–Crippen LogP) is 2.45. The van der Waals surface area contributed by atoms with Crippen molar-refractivity contribution in [2.45, 2.75) is 46.5 Å². The third-order valence-corrected chi connectivity index (χ3v) is 3.71. The van der Waals surface area contributed by atoms with Crippen LogP contribution in [0.1, 0.15) is 46.6 Å². The molecule has 0 bridgehead atoms. The van der Waals surface area contributed by atoms with E-state index in [4.69, 9.17) is 5.11 Å². The molecule has 0 atom stereocenters. The Morgan fingerprint density at radius 2 is 1.65 bits per heavy atom. The monoisotopic (exact) mass is 320 g/mol. The minimum absolute atomic E-state index is 0.0496. The maximum absolute atomic E-state index is 12.1. The number of carbonyl (C=O) groups excluding carboxylic acids is 2. The van der Waals surface area contributed by atoms with Crippen LogP contribution in [0.25, 0.3) is 0 Å². The van der Waals surface area contributed by atoms with Crippen LogP contribution in [-0.4, -0.2) is 30.1 Å². The van der Waals surface area contributed by atoms with Gasteiger partial charge in [0.2, 0.25) is 0 Å². The lowest BCUT2D eigenvalue weighted by Crippen LogP contribution is -2.41. The molecule has 1 aromatic rings. The molecule has 128 valence electrons. The van der Waals surface area contributed by atoms with Gasteiger partial charge in [0.15, 0.2) is 0 Å². The van der Waals surface area contributed by atoms with Crippen LogP contribution in [0.4, 0.5) is 5.69 Å². The topological polar surface area (TPSA) is 78.4 Å². The fourth-order valence-corrected chi connectivity index (χ4v) is 2.22. The van der Waals surface area contributed by atoms with Gasteiger partial charge in [-0.1, -0.05) is 52.8 Å². The van der Waals surface area contributed by atoms with Crippen molar-refractivity contribution < 1.29 is 14.7 Å². The van der Waals surface area contributed by atoms with E-state index in [9.17, 15) is 9.59 Å². The molecular weight excluding hydrogens is 292 g/mol. The van der Waals surface area contributed by atoms with Crippen molar-refractivity contribution >= 4 is 17.5 Å². The van der Waals surface area contributed by atoms with Crippen molar-refractivity contribution in [3.63, 3.8) is 0 Å². The highest BCUT2D eigenvalue weighted by Crippen LogP contribution is 2.29. The van der Waals surface area contributed by atoms with Crippen LogP contribution in [0.3, 0.4) is 0 Å². The van der Waals surface area contributed by atoms with Gasteiger partial charge in [0.05, 0.1) is 0 Å². The lowest BCUT2D eigenvalue weighted by atomic mass is 9.86. The number of para-hydroxylation sites is 1. The molecule has 23 heavy (non-hydrogen) atoms. The van der Waals surface area contributed by atoms with E-state index in [0.29, 0.717) is 18.7 Å². The van der Waals surface area contributed by atoms with E-state index in [1.165, 1.54) is 0 Å². The van der Waals surface area contributed by atoms with E-state index in [-0.39, 0.29) is 17.4 Å². The Morgan fingerprint density at radius 3 is 2.22 bits per heavy atom. The zero-order valence-corrected chi connectivity index (χ0v) is 14.7. The molecule has 0 saturated heterocycles. The number of anilines is 1. The Bertz CT molecular complexity index is 560. The molecule has 0 fully saturated rings. The molecule has 0 radical (unpaired) electrons. The first-order chi connectivity index (χ1) is 10.6. The average Bonchev–Trinajstić information content (AvgIpc) is 2.44. The fraction of sp³-hybridized carbons (Fsp3) is 0.556. The summed E-state index contributed by atoms with van der Waals surface area (Å²) in [5.74, 6) is -1.35. The van der Waals surface area contributed by atoms with Crippen molar-refractivity contribution in [2.75, 3.05) is 18.5 Å². The average molecular weight is 320 g/mol. The first-order valence-corrected chi connectivity index (χ1v) is 7.86. The molecule has 0 spiro atoms. The van der Waals surface area contributed by atoms with Gasteiger partial charge in [-0.2, -0.15) is 0 Å². The van der Waals surface area contributed by atoms with Gasteiger partial charge in [0.25, 0.3) is 0 Å². The largest absolute Gasteiger partial charge is 0.396 e. The predicted molar refractivity (Wildman–Crippen MR) is 92.3 cm³/mol. The Labute approximate surface area is 138 Å². The molecule has 0 heterocycles. The molecule has 5 nitrogen and oxygen atoms in total. The second kappa shape index (κ2) is 7.59. The lowest BCUT2D eigenvalue weighted by Gasteiger charge is -2.24. The molecular formula is C18H28N2O3. The summed E-state index contributed by atoms with van der Waals surface area (Å²) >= 11 is 0. The number of rotatable bonds is 5. The molecule has 3 N–H and O–H groups in total. The standard InChI is InChI=1S/C18H28N2O3/c1-17(2,3)13-8-6-7-9-14(13)20-16(23)15(22)19-12-18(4,5)10-11-21/h6-9,21H,10-12H2,1-5H3,(H,19,22)(H,20,23). The summed E-state index contributed by atoms with van der Waals surface area (Å²) in [4.78, 5) is 24.1. The third kappa shape index (κ3) is 6.02. The summed E-state index contributed by atoms with van der Waals surface area (Å²) in [5.41, 5.74) is 1.23. The Morgan fingerprint density at radius 1 is 1.04 bits per heavy atom.